The lowest BCUT2D eigenvalue weighted by Gasteiger charge is -2.12. The fourth-order valence-electron chi connectivity index (χ4n) is 1.57. The molecule has 0 fully saturated rings. The predicted octanol–water partition coefficient (Wildman–Crippen LogP) is 2.27. The third-order valence-electron chi connectivity index (χ3n) is 2.48. The molecule has 1 unspecified atom stereocenters. The number of benzene rings is 1. The Bertz CT molecular complexity index is 483. The van der Waals surface area contributed by atoms with Gasteiger partial charge in [-0.2, -0.15) is 0 Å². The quantitative estimate of drug-likeness (QED) is 0.780. The molecule has 0 radical (unpaired) electrons. The second-order valence-electron chi connectivity index (χ2n) is 4.26. The Morgan fingerprint density at radius 3 is 2.55 bits per heavy atom. The molecule has 7 heteroatoms. The van der Waals surface area contributed by atoms with Crippen LogP contribution in [0.15, 0.2) is 18.2 Å². The molecule has 0 saturated heterocycles. The molecule has 0 aliphatic carbocycles. The zero-order valence-electron chi connectivity index (χ0n) is 11.4. The lowest BCUT2D eigenvalue weighted by atomic mass is 10.1. The summed E-state index contributed by atoms with van der Waals surface area (Å²) in [5, 5.41) is 4.93. The Balaban J connectivity index is 0.00000361. The molecule has 5 nitrogen and oxygen atoms in total. The van der Waals surface area contributed by atoms with Gasteiger partial charge in [0.15, 0.2) is 0 Å². The maximum atomic E-state index is 13.4. The summed E-state index contributed by atoms with van der Waals surface area (Å²) in [7, 11) is 0. The normalized spacial score (nSPS) is 11.2. The van der Waals surface area contributed by atoms with Crippen LogP contribution < -0.4 is 16.4 Å². The third-order valence-corrected chi connectivity index (χ3v) is 2.48. The fraction of sp³-hybridized carbons (Fsp3) is 0.385. The van der Waals surface area contributed by atoms with Crippen LogP contribution in [0.4, 0.5) is 15.8 Å². The molecule has 0 saturated carbocycles. The molecule has 0 aromatic heterocycles. The van der Waals surface area contributed by atoms with Crippen molar-refractivity contribution in [2.24, 2.45) is 5.73 Å². The summed E-state index contributed by atoms with van der Waals surface area (Å²) in [6, 6.07) is 3.34. The van der Waals surface area contributed by atoms with Crippen LogP contribution in [0.5, 0.6) is 0 Å². The monoisotopic (exact) mass is 303 g/mol. The number of nitrogens with two attached hydrogens (primary N) is 1. The molecule has 0 spiro atoms. The minimum absolute atomic E-state index is 0. The highest BCUT2D eigenvalue weighted by atomic mass is 35.5. The van der Waals surface area contributed by atoms with Crippen LogP contribution in [0.2, 0.25) is 0 Å². The molecule has 1 aromatic carbocycles. The zero-order valence-corrected chi connectivity index (χ0v) is 12.2. The van der Waals surface area contributed by atoms with E-state index >= 15 is 0 Å². The molecule has 2 amide bonds. The van der Waals surface area contributed by atoms with Gasteiger partial charge >= 0.3 is 0 Å². The van der Waals surface area contributed by atoms with E-state index in [2.05, 4.69) is 10.6 Å². The zero-order chi connectivity index (χ0) is 14.4. The number of anilines is 2. The number of halogens is 2. The van der Waals surface area contributed by atoms with Gasteiger partial charge in [0.25, 0.3) is 0 Å². The number of hydrogen-bond acceptors (Lipinski definition) is 3. The molecule has 4 N–H and O–H groups in total. The second-order valence-corrected chi connectivity index (χ2v) is 4.26. The molecule has 1 aromatic rings. The van der Waals surface area contributed by atoms with Crippen molar-refractivity contribution >= 4 is 35.6 Å². The highest BCUT2D eigenvalue weighted by Gasteiger charge is 2.13. The van der Waals surface area contributed by atoms with E-state index in [0.29, 0.717) is 12.1 Å². The molecule has 1 atom stereocenters. The largest absolute Gasteiger partial charge is 0.325 e. The predicted molar refractivity (Wildman–Crippen MR) is 79.5 cm³/mol. The maximum Gasteiger partial charge on any atom is 0.241 e. The molecule has 1 rings (SSSR count). The lowest BCUT2D eigenvalue weighted by molar-refractivity contribution is -0.117. The average Bonchev–Trinajstić information content (AvgIpc) is 2.33. The number of carbonyl (C=O) groups excluding carboxylic acids is 2. The van der Waals surface area contributed by atoms with Gasteiger partial charge in [0.1, 0.15) is 5.82 Å². The van der Waals surface area contributed by atoms with Crippen molar-refractivity contribution in [1.29, 1.82) is 0 Å². The van der Waals surface area contributed by atoms with Crippen LogP contribution in [-0.4, -0.2) is 17.9 Å². The van der Waals surface area contributed by atoms with E-state index in [1.807, 2.05) is 6.92 Å². The van der Waals surface area contributed by atoms with E-state index in [1.165, 1.54) is 25.1 Å². The topological polar surface area (TPSA) is 84.2 Å². The summed E-state index contributed by atoms with van der Waals surface area (Å²) in [5.41, 5.74) is 6.08. The molecule has 20 heavy (non-hydrogen) atoms. The number of nitrogens with one attached hydrogen (secondary N) is 2. The van der Waals surface area contributed by atoms with Crippen molar-refractivity contribution in [3.05, 3.63) is 24.0 Å². The Morgan fingerprint density at radius 2 is 2.00 bits per heavy atom. The Hall–Kier alpha value is -1.66. The summed E-state index contributed by atoms with van der Waals surface area (Å²) >= 11 is 0. The van der Waals surface area contributed by atoms with E-state index in [0.717, 1.165) is 6.42 Å². The van der Waals surface area contributed by atoms with Crippen molar-refractivity contribution in [2.45, 2.75) is 32.7 Å². The summed E-state index contributed by atoms with van der Waals surface area (Å²) in [5.74, 6) is -1.28. The summed E-state index contributed by atoms with van der Waals surface area (Å²) < 4.78 is 13.4. The van der Waals surface area contributed by atoms with Crippen molar-refractivity contribution in [2.75, 3.05) is 10.6 Å². The first-order valence-electron chi connectivity index (χ1n) is 6.07. The molecule has 0 aliphatic rings. The number of rotatable bonds is 5. The van der Waals surface area contributed by atoms with Gasteiger partial charge < -0.3 is 16.4 Å². The van der Waals surface area contributed by atoms with Crippen molar-refractivity contribution < 1.29 is 14.0 Å². The highest BCUT2D eigenvalue weighted by Crippen LogP contribution is 2.19. The van der Waals surface area contributed by atoms with Crippen LogP contribution in [0, 0.1) is 5.82 Å². The van der Waals surface area contributed by atoms with E-state index in [-0.39, 0.29) is 29.9 Å². The number of hydrogen-bond donors (Lipinski definition) is 3. The summed E-state index contributed by atoms with van der Waals surface area (Å²) in [6.07, 6.45) is 1.38. The van der Waals surface area contributed by atoms with Crippen LogP contribution in [0.3, 0.4) is 0 Å². The molecular formula is C13H19ClFN3O2. The minimum Gasteiger partial charge on any atom is -0.325 e. The highest BCUT2D eigenvalue weighted by molar-refractivity contribution is 5.96. The average molecular weight is 304 g/mol. The standard InChI is InChI=1S/C13H18FN3O2.ClH/c1-3-4-11(15)13(19)17-9-5-6-10(14)12(7-9)16-8(2)18;/h5-7,11H,3-4,15H2,1-2H3,(H,16,18)(H,17,19);1H. The number of carbonyl (C=O) groups is 2. The summed E-state index contributed by atoms with van der Waals surface area (Å²) in [4.78, 5) is 22.6. The first kappa shape index (κ1) is 18.3. The molecule has 0 bridgehead atoms. The van der Waals surface area contributed by atoms with Gasteiger partial charge in [0, 0.05) is 12.6 Å². The SMILES string of the molecule is CCCC(N)C(=O)Nc1ccc(F)c(NC(C)=O)c1.Cl. The van der Waals surface area contributed by atoms with Gasteiger partial charge in [0.2, 0.25) is 11.8 Å². The molecule has 0 heterocycles. The van der Waals surface area contributed by atoms with Gasteiger partial charge in [-0.05, 0) is 24.6 Å². The summed E-state index contributed by atoms with van der Waals surface area (Å²) in [6.45, 7) is 3.21. The third kappa shape index (κ3) is 5.54. The molecular weight excluding hydrogens is 285 g/mol. The molecule has 0 aliphatic heterocycles. The van der Waals surface area contributed by atoms with Crippen molar-refractivity contribution in [3.63, 3.8) is 0 Å². The van der Waals surface area contributed by atoms with Gasteiger partial charge in [-0.3, -0.25) is 9.59 Å². The van der Waals surface area contributed by atoms with E-state index in [9.17, 15) is 14.0 Å². The van der Waals surface area contributed by atoms with Crippen LogP contribution in [0.1, 0.15) is 26.7 Å². The number of amides is 2. The fourth-order valence-corrected chi connectivity index (χ4v) is 1.57. The first-order valence-corrected chi connectivity index (χ1v) is 6.07. The Morgan fingerprint density at radius 1 is 1.35 bits per heavy atom. The van der Waals surface area contributed by atoms with E-state index in [4.69, 9.17) is 5.73 Å². The maximum absolute atomic E-state index is 13.4. The second kappa shape index (κ2) is 8.50. The van der Waals surface area contributed by atoms with Gasteiger partial charge in [-0.15, -0.1) is 12.4 Å². The van der Waals surface area contributed by atoms with Gasteiger partial charge in [-0.25, -0.2) is 4.39 Å². The van der Waals surface area contributed by atoms with Gasteiger partial charge in [0.05, 0.1) is 11.7 Å². The smallest absolute Gasteiger partial charge is 0.241 e. The van der Waals surface area contributed by atoms with Crippen LogP contribution >= 0.6 is 12.4 Å². The Labute approximate surface area is 123 Å². The van der Waals surface area contributed by atoms with Crippen molar-refractivity contribution in [3.8, 4) is 0 Å². The van der Waals surface area contributed by atoms with Crippen LogP contribution in [0.25, 0.3) is 0 Å². The molecule has 112 valence electrons. The lowest BCUT2D eigenvalue weighted by Crippen LogP contribution is -2.35. The van der Waals surface area contributed by atoms with Crippen molar-refractivity contribution in [1.82, 2.24) is 0 Å². The Kier molecular flexibility index (Phi) is 7.79. The first-order chi connectivity index (χ1) is 8.93. The van der Waals surface area contributed by atoms with Crippen LogP contribution in [-0.2, 0) is 9.59 Å². The minimum atomic E-state index is -0.598. The van der Waals surface area contributed by atoms with E-state index < -0.39 is 11.9 Å². The van der Waals surface area contributed by atoms with E-state index in [1.54, 1.807) is 0 Å². The van der Waals surface area contributed by atoms with Gasteiger partial charge in [-0.1, -0.05) is 13.3 Å².